The Labute approximate surface area is 119 Å². The van der Waals surface area contributed by atoms with Crippen LogP contribution >= 0.6 is 0 Å². The first-order chi connectivity index (χ1) is 9.79. The van der Waals surface area contributed by atoms with Crippen molar-refractivity contribution in [3.05, 3.63) is 55.4 Å². The number of H-pyrrole nitrogens is 1. The van der Waals surface area contributed by atoms with Crippen LogP contribution in [0.2, 0.25) is 0 Å². The summed E-state index contributed by atoms with van der Waals surface area (Å²) in [5.41, 5.74) is 2.56. The molecule has 0 saturated carbocycles. The molecule has 100 valence electrons. The van der Waals surface area contributed by atoms with E-state index in [1.165, 1.54) is 0 Å². The Morgan fingerprint density at radius 3 is 2.95 bits per heavy atom. The standard InChI is InChI=1S/C15H13N3OS/c1-2-9-20(19)14-6-4-3-5-11(14)15-17-12-7-8-16-10-13(12)18-15/h2-8,10H,1,9H2,(H,17,18). The molecule has 1 aromatic carbocycles. The Morgan fingerprint density at radius 1 is 1.30 bits per heavy atom. The number of aromatic nitrogens is 3. The van der Waals surface area contributed by atoms with E-state index >= 15 is 0 Å². The van der Waals surface area contributed by atoms with E-state index in [1.54, 1.807) is 18.5 Å². The SMILES string of the molecule is C=CC[S+]([O-])c1ccccc1-c1nc2cnccc2[nH]1. The monoisotopic (exact) mass is 283 g/mol. The molecule has 0 amide bonds. The van der Waals surface area contributed by atoms with Crippen LogP contribution in [-0.2, 0) is 11.2 Å². The Kier molecular flexibility index (Phi) is 3.54. The first kappa shape index (κ1) is 12.9. The van der Waals surface area contributed by atoms with Crippen LogP contribution in [0.5, 0.6) is 0 Å². The summed E-state index contributed by atoms with van der Waals surface area (Å²) in [5, 5.41) is 0. The minimum atomic E-state index is -1.11. The minimum absolute atomic E-state index is 0.429. The van der Waals surface area contributed by atoms with Gasteiger partial charge in [0, 0.05) is 6.20 Å². The van der Waals surface area contributed by atoms with E-state index in [1.807, 2.05) is 30.3 Å². The van der Waals surface area contributed by atoms with E-state index in [2.05, 4.69) is 21.5 Å². The van der Waals surface area contributed by atoms with Crippen molar-refractivity contribution in [2.75, 3.05) is 5.75 Å². The molecule has 0 saturated heterocycles. The average molecular weight is 283 g/mol. The molecule has 0 aliphatic heterocycles. The Morgan fingerprint density at radius 2 is 2.15 bits per heavy atom. The summed E-state index contributed by atoms with van der Waals surface area (Å²) in [4.78, 5) is 12.6. The lowest BCUT2D eigenvalue weighted by atomic mass is 10.2. The van der Waals surface area contributed by atoms with E-state index in [0.29, 0.717) is 11.6 Å². The van der Waals surface area contributed by atoms with Gasteiger partial charge >= 0.3 is 0 Å². The molecule has 0 bridgehead atoms. The Bertz CT molecular complexity index is 720. The molecule has 1 unspecified atom stereocenters. The predicted molar refractivity (Wildman–Crippen MR) is 80.8 cm³/mol. The molecular weight excluding hydrogens is 270 g/mol. The zero-order chi connectivity index (χ0) is 13.9. The average Bonchev–Trinajstić information content (AvgIpc) is 2.91. The number of nitrogens with zero attached hydrogens (tertiary/aromatic N) is 2. The van der Waals surface area contributed by atoms with Crippen LogP contribution in [0.4, 0.5) is 0 Å². The van der Waals surface area contributed by atoms with Gasteiger partial charge in [-0.25, -0.2) is 4.98 Å². The van der Waals surface area contributed by atoms with E-state index < -0.39 is 11.2 Å². The fourth-order valence-electron chi connectivity index (χ4n) is 2.04. The fraction of sp³-hybridized carbons (Fsp3) is 0.0667. The summed E-state index contributed by atoms with van der Waals surface area (Å²) >= 11 is -1.11. The summed E-state index contributed by atoms with van der Waals surface area (Å²) in [6.07, 6.45) is 5.08. The maximum Gasteiger partial charge on any atom is 0.163 e. The van der Waals surface area contributed by atoms with Crippen LogP contribution in [0.1, 0.15) is 0 Å². The van der Waals surface area contributed by atoms with Gasteiger partial charge in [-0.05, 0) is 35.5 Å². The Hall–Kier alpha value is -2.11. The van der Waals surface area contributed by atoms with Crippen molar-refractivity contribution >= 4 is 22.2 Å². The summed E-state index contributed by atoms with van der Waals surface area (Å²) in [6, 6.07) is 9.44. The molecule has 1 atom stereocenters. The van der Waals surface area contributed by atoms with Gasteiger partial charge in [0.2, 0.25) is 0 Å². The number of fused-ring (bicyclic) bond motifs is 1. The minimum Gasteiger partial charge on any atom is -0.611 e. The van der Waals surface area contributed by atoms with Gasteiger partial charge in [0.05, 0.1) is 17.3 Å². The molecule has 0 aliphatic rings. The first-order valence-corrected chi connectivity index (χ1v) is 7.50. The van der Waals surface area contributed by atoms with Crippen LogP contribution in [0.3, 0.4) is 0 Å². The molecule has 3 aromatic rings. The van der Waals surface area contributed by atoms with Crippen molar-refractivity contribution < 1.29 is 4.55 Å². The lowest BCUT2D eigenvalue weighted by Gasteiger charge is -2.11. The summed E-state index contributed by atoms with van der Waals surface area (Å²) < 4.78 is 12.2. The number of hydrogen-bond acceptors (Lipinski definition) is 3. The molecule has 0 aliphatic carbocycles. The van der Waals surface area contributed by atoms with Gasteiger partial charge < -0.3 is 9.54 Å². The second kappa shape index (κ2) is 5.48. The highest BCUT2D eigenvalue weighted by atomic mass is 32.2. The zero-order valence-electron chi connectivity index (χ0n) is 10.7. The third-order valence-electron chi connectivity index (χ3n) is 2.94. The Balaban J connectivity index is 2.11. The number of hydrogen-bond donors (Lipinski definition) is 1. The number of nitrogens with one attached hydrogen (secondary N) is 1. The van der Waals surface area contributed by atoms with E-state index in [4.69, 9.17) is 0 Å². The molecule has 3 rings (SSSR count). The third kappa shape index (κ3) is 2.33. The largest absolute Gasteiger partial charge is 0.611 e. The van der Waals surface area contributed by atoms with E-state index in [9.17, 15) is 4.55 Å². The molecular formula is C15H13N3OS. The van der Waals surface area contributed by atoms with Gasteiger partial charge in [0.25, 0.3) is 0 Å². The molecule has 2 aromatic heterocycles. The van der Waals surface area contributed by atoms with Gasteiger partial charge in [0.15, 0.2) is 4.90 Å². The number of benzene rings is 1. The lowest BCUT2D eigenvalue weighted by Crippen LogP contribution is -2.06. The van der Waals surface area contributed by atoms with Crippen molar-refractivity contribution in [1.82, 2.24) is 15.0 Å². The smallest absolute Gasteiger partial charge is 0.163 e. The van der Waals surface area contributed by atoms with Gasteiger partial charge in [-0.1, -0.05) is 18.7 Å². The van der Waals surface area contributed by atoms with E-state index in [0.717, 1.165) is 21.5 Å². The number of imidazole rings is 1. The topological polar surface area (TPSA) is 64.6 Å². The molecule has 0 spiro atoms. The maximum atomic E-state index is 12.2. The van der Waals surface area contributed by atoms with Crippen molar-refractivity contribution in [1.29, 1.82) is 0 Å². The maximum absolute atomic E-state index is 12.2. The summed E-state index contributed by atoms with van der Waals surface area (Å²) in [5.74, 6) is 1.14. The van der Waals surface area contributed by atoms with Crippen molar-refractivity contribution in [3.8, 4) is 11.4 Å². The normalized spacial score (nSPS) is 12.4. The quantitative estimate of drug-likeness (QED) is 0.591. The molecule has 1 N–H and O–H groups in total. The van der Waals surface area contributed by atoms with Gasteiger partial charge in [0.1, 0.15) is 17.1 Å². The molecule has 5 heteroatoms. The van der Waals surface area contributed by atoms with Crippen molar-refractivity contribution in [3.63, 3.8) is 0 Å². The molecule has 4 nitrogen and oxygen atoms in total. The molecule has 0 fully saturated rings. The first-order valence-electron chi connectivity index (χ1n) is 6.18. The molecule has 0 radical (unpaired) electrons. The zero-order valence-corrected chi connectivity index (χ0v) is 11.6. The van der Waals surface area contributed by atoms with Crippen molar-refractivity contribution in [2.45, 2.75) is 4.90 Å². The van der Waals surface area contributed by atoms with Crippen molar-refractivity contribution in [2.24, 2.45) is 0 Å². The van der Waals surface area contributed by atoms with Gasteiger partial charge in [-0.15, -0.1) is 0 Å². The number of pyridine rings is 1. The van der Waals surface area contributed by atoms with Crippen LogP contribution in [0, 0.1) is 0 Å². The third-order valence-corrected chi connectivity index (χ3v) is 4.33. The fourth-order valence-corrected chi connectivity index (χ4v) is 3.08. The van der Waals surface area contributed by atoms with Crippen LogP contribution in [-0.4, -0.2) is 25.3 Å². The number of rotatable bonds is 4. The predicted octanol–water partition coefficient (Wildman–Crippen LogP) is 2.92. The second-order valence-electron chi connectivity index (χ2n) is 4.28. The van der Waals surface area contributed by atoms with Crippen LogP contribution < -0.4 is 0 Å². The summed E-state index contributed by atoms with van der Waals surface area (Å²) in [7, 11) is 0. The highest BCUT2D eigenvalue weighted by Crippen LogP contribution is 2.27. The molecule has 2 heterocycles. The second-order valence-corrected chi connectivity index (χ2v) is 5.74. The van der Waals surface area contributed by atoms with Gasteiger partial charge in [-0.3, -0.25) is 4.98 Å². The van der Waals surface area contributed by atoms with E-state index in [-0.39, 0.29) is 0 Å². The summed E-state index contributed by atoms with van der Waals surface area (Å²) in [6.45, 7) is 3.64. The lowest BCUT2D eigenvalue weighted by molar-refractivity contribution is 0.598. The highest BCUT2D eigenvalue weighted by Gasteiger charge is 2.18. The van der Waals surface area contributed by atoms with Crippen LogP contribution in [0.15, 0.2) is 60.3 Å². The highest BCUT2D eigenvalue weighted by molar-refractivity contribution is 7.91. The van der Waals surface area contributed by atoms with Gasteiger partial charge in [-0.2, -0.15) is 0 Å². The molecule has 20 heavy (non-hydrogen) atoms. The van der Waals surface area contributed by atoms with Crippen LogP contribution in [0.25, 0.3) is 22.4 Å². The number of aromatic amines is 1.